The number of primary amides is 1. The Morgan fingerprint density at radius 1 is 1.45 bits per heavy atom. The fourth-order valence-electron chi connectivity index (χ4n) is 3.31. The van der Waals surface area contributed by atoms with Gasteiger partial charge in [-0.3, -0.25) is 9.59 Å². The number of Topliss-reactive ketones (excluding diaryl/α,β-unsaturated/α-hetero) is 1. The number of nitrogens with two attached hydrogens (primary N) is 1. The number of nitrogens with zero attached hydrogens (tertiary/aromatic N) is 1. The molecule has 1 unspecified atom stereocenters. The van der Waals surface area contributed by atoms with Crippen LogP contribution >= 0.6 is 23.1 Å². The number of carbonyl (C=O) groups is 4. The van der Waals surface area contributed by atoms with Crippen LogP contribution in [-0.4, -0.2) is 59.2 Å². The summed E-state index contributed by atoms with van der Waals surface area (Å²) in [6, 6.07) is 0. The maximum absolute atomic E-state index is 12.9. The second-order valence-electron chi connectivity index (χ2n) is 6.08. The molecule has 1 saturated carbocycles. The van der Waals surface area contributed by atoms with Crippen molar-refractivity contribution in [2.45, 2.75) is 17.4 Å². The molecule has 29 heavy (non-hydrogen) atoms. The molecule has 3 N–H and O–H groups in total. The van der Waals surface area contributed by atoms with Crippen molar-refractivity contribution in [1.82, 2.24) is 10.3 Å². The minimum Gasteiger partial charge on any atom is -0.545 e. The maximum Gasteiger partial charge on any atom is 1.00 e. The van der Waals surface area contributed by atoms with Gasteiger partial charge >= 0.3 is 35.7 Å². The van der Waals surface area contributed by atoms with Gasteiger partial charge in [0.05, 0.1) is 23.6 Å². The summed E-state index contributed by atoms with van der Waals surface area (Å²) in [7, 11) is 1.27. The molecular weight excluding hydrogens is 433 g/mol. The molecule has 1 aliphatic heterocycles. The van der Waals surface area contributed by atoms with Crippen LogP contribution in [0.2, 0.25) is 0 Å². The van der Waals surface area contributed by atoms with Crippen molar-refractivity contribution in [3.8, 4) is 0 Å². The Hall–Kier alpha value is -1.44. The van der Waals surface area contributed by atoms with E-state index in [2.05, 4.69) is 15.0 Å². The molecule has 0 radical (unpaired) electrons. The largest absolute Gasteiger partial charge is 1.00 e. The molecule has 13 heteroatoms. The van der Waals surface area contributed by atoms with Gasteiger partial charge in [0.25, 0.3) is 0 Å². The Kier molecular flexibility index (Phi) is 7.87. The maximum atomic E-state index is 12.9. The summed E-state index contributed by atoms with van der Waals surface area (Å²) in [5.41, 5.74) is 3.26. The van der Waals surface area contributed by atoms with Crippen molar-refractivity contribution < 1.29 is 63.3 Å². The number of hydrogen-bond acceptors (Lipinski definition) is 10. The second-order valence-corrected chi connectivity index (χ2v) is 8.19. The Labute approximate surface area is 195 Å². The van der Waals surface area contributed by atoms with Gasteiger partial charge in [-0.15, -0.1) is 23.1 Å². The monoisotopic (exact) mass is 449 g/mol. The molecule has 0 aromatic carbocycles. The number of thiazole rings is 1. The van der Waals surface area contributed by atoms with Gasteiger partial charge in [-0.25, -0.2) is 9.78 Å². The molecular formula is C16H16N3NaO7S2. The van der Waals surface area contributed by atoms with Crippen LogP contribution in [0.1, 0.15) is 5.01 Å². The van der Waals surface area contributed by atoms with E-state index in [-0.39, 0.29) is 59.5 Å². The van der Waals surface area contributed by atoms with Gasteiger partial charge in [0.15, 0.2) is 5.78 Å². The number of carboxylic acid groups (broad SMARTS) is 1. The number of carboxylic acids is 1. The third-order valence-corrected chi connectivity index (χ3v) is 6.79. The number of methoxy groups -OCH3 is 1. The molecule has 3 rings (SSSR count). The SMILES string of the molecule is CO[C@@]1(NC(=O)Cc2nccs2)C(=O)C2C(C(=O)[O-])=C(COC(N)=O)CS[C@H]21.[Na+]. The van der Waals surface area contributed by atoms with E-state index in [4.69, 9.17) is 10.5 Å². The number of amides is 2. The molecule has 10 nitrogen and oxygen atoms in total. The van der Waals surface area contributed by atoms with Crippen molar-refractivity contribution in [1.29, 1.82) is 0 Å². The predicted molar refractivity (Wildman–Crippen MR) is 96.0 cm³/mol. The summed E-state index contributed by atoms with van der Waals surface area (Å²) >= 11 is 2.52. The van der Waals surface area contributed by atoms with Gasteiger partial charge in [-0.05, 0) is 11.1 Å². The number of nitrogens with one attached hydrogen (secondary N) is 1. The number of rotatable bonds is 7. The van der Waals surface area contributed by atoms with E-state index in [1.165, 1.54) is 30.2 Å². The van der Waals surface area contributed by atoms with E-state index in [1.54, 1.807) is 11.6 Å². The smallest absolute Gasteiger partial charge is 0.545 e. The summed E-state index contributed by atoms with van der Waals surface area (Å²) in [5.74, 6) is -3.50. The number of ketones is 1. The Morgan fingerprint density at radius 3 is 2.72 bits per heavy atom. The number of thioether (sulfide) groups is 1. The molecule has 1 aromatic heterocycles. The molecule has 1 aromatic rings. The molecule has 2 amide bonds. The average molecular weight is 449 g/mol. The van der Waals surface area contributed by atoms with Gasteiger partial charge in [0.2, 0.25) is 11.6 Å². The van der Waals surface area contributed by atoms with E-state index in [0.29, 0.717) is 5.01 Å². The van der Waals surface area contributed by atoms with Gasteiger partial charge in [-0.1, -0.05) is 0 Å². The molecule has 0 spiro atoms. The van der Waals surface area contributed by atoms with Gasteiger partial charge in [-0.2, -0.15) is 0 Å². The molecule has 3 atom stereocenters. The van der Waals surface area contributed by atoms with Crippen LogP contribution in [0, 0.1) is 5.92 Å². The van der Waals surface area contributed by atoms with E-state index in [9.17, 15) is 24.3 Å². The first-order valence-electron chi connectivity index (χ1n) is 8.06. The van der Waals surface area contributed by atoms with Crippen molar-refractivity contribution in [3.05, 3.63) is 27.7 Å². The molecule has 1 aliphatic carbocycles. The number of hydrogen-bond donors (Lipinski definition) is 2. The fourth-order valence-corrected chi connectivity index (χ4v) is 5.50. The molecule has 0 bridgehead atoms. The fraction of sp³-hybridized carbons (Fsp3) is 0.438. The summed E-state index contributed by atoms with van der Waals surface area (Å²) < 4.78 is 10.0. The first-order valence-corrected chi connectivity index (χ1v) is 9.99. The Balaban J connectivity index is 0.00000300. The van der Waals surface area contributed by atoms with Crippen LogP contribution in [0.15, 0.2) is 22.7 Å². The summed E-state index contributed by atoms with van der Waals surface area (Å²) in [5, 5.41) is 15.9. The number of ether oxygens (including phenoxy) is 2. The predicted octanol–water partition coefficient (Wildman–Crippen LogP) is -4.40. The van der Waals surface area contributed by atoms with Gasteiger partial charge in [0, 0.05) is 24.4 Å². The van der Waals surface area contributed by atoms with Crippen molar-refractivity contribution in [3.63, 3.8) is 0 Å². The molecule has 2 aliphatic rings. The number of carbonyl (C=O) groups excluding carboxylic acids is 4. The zero-order valence-electron chi connectivity index (χ0n) is 15.6. The molecule has 2 heterocycles. The second kappa shape index (κ2) is 9.58. The zero-order chi connectivity index (χ0) is 20.5. The van der Waals surface area contributed by atoms with Crippen LogP contribution in [0.3, 0.4) is 0 Å². The van der Waals surface area contributed by atoms with Crippen LogP contribution < -0.4 is 45.7 Å². The van der Waals surface area contributed by atoms with Gasteiger partial charge in [0.1, 0.15) is 11.6 Å². The van der Waals surface area contributed by atoms with Crippen LogP contribution in [0.25, 0.3) is 0 Å². The van der Waals surface area contributed by atoms with Gasteiger partial charge < -0.3 is 30.4 Å². The number of aliphatic carboxylic acids is 1. The van der Waals surface area contributed by atoms with Crippen molar-refractivity contribution in [2.75, 3.05) is 19.5 Å². The molecule has 1 fully saturated rings. The van der Waals surface area contributed by atoms with Crippen molar-refractivity contribution in [2.24, 2.45) is 11.7 Å². The molecule has 0 saturated heterocycles. The van der Waals surface area contributed by atoms with Crippen molar-refractivity contribution >= 4 is 46.9 Å². The average Bonchev–Trinajstić information content (AvgIpc) is 3.15. The number of aromatic nitrogens is 1. The van der Waals surface area contributed by atoms with E-state index in [1.807, 2.05) is 0 Å². The summed E-state index contributed by atoms with van der Waals surface area (Å²) in [6.45, 7) is -0.349. The minimum absolute atomic E-state index is 0. The standard InChI is InChI=1S/C16H17N3O7S2.Na/c1-25-16(19-8(20)4-9-18-2-3-27-9)12(21)11-10(14(22)23)7(5-26-15(17)24)6-28-13(11)16;/h2-3,11,13H,4-6H2,1H3,(H2,17,24)(H,19,20)(H,22,23);/q;+1/p-1/t11?,13-,16+;/m1./s1. The topological polar surface area (TPSA) is 161 Å². The van der Waals surface area contributed by atoms with Crippen LogP contribution in [0.4, 0.5) is 4.79 Å². The normalized spacial score (nSPS) is 25.3. The molecule has 150 valence electrons. The number of fused-ring (bicyclic) bond motifs is 1. The van der Waals surface area contributed by atoms with E-state index >= 15 is 0 Å². The summed E-state index contributed by atoms with van der Waals surface area (Å²) in [4.78, 5) is 51.7. The third-order valence-electron chi connectivity index (χ3n) is 4.53. The Morgan fingerprint density at radius 2 is 2.17 bits per heavy atom. The Bertz CT molecular complexity index is 861. The quantitative estimate of drug-likeness (QED) is 0.309. The van der Waals surface area contributed by atoms with E-state index < -0.39 is 40.6 Å². The summed E-state index contributed by atoms with van der Waals surface area (Å²) in [6.07, 6.45) is 0.477. The first kappa shape index (κ1) is 23.8. The van der Waals surface area contributed by atoms with E-state index in [0.717, 1.165) is 0 Å². The van der Waals surface area contributed by atoms with Crippen LogP contribution in [0.5, 0.6) is 0 Å². The van der Waals surface area contributed by atoms with Crippen LogP contribution in [-0.2, 0) is 30.3 Å². The zero-order valence-corrected chi connectivity index (χ0v) is 19.3. The third kappa shape index (κ3) is 4.52. The first-order chi connectivity index (χ1) is 13.3. The minimum atomic E-state index is -1.64.